The molecule has 3 nitrogen and oxygen atoms in total. The van der Waals surface area contributed by atoms with Crippen LogP contribution in [0.25, 0.3) is 0 Å². The molecule has 0 aliphatic carbocycles. The van der Waals surface area contributed by atoms with Gasteiger partial charge in [0, 0.05) is 12.8 Å². The maximum absolute atomic E-state index is 12.6. The van der Waals surface area contributed by atoms with Crippen LogP contribution in [0.1, 0.15) is 22.5 Å². The van der Waals surface area contributed by atoms with E-state index in [1.807, 2.05) is 24.3 Å². The monoisotopic (exact) mass is 284 g/mol. The summed E-state index contributed by atoms with van der Waals surface area (Å²) in [4.78, 5) is 0. The Morgan fingerprint density at radius 3 is 2.25 bits per heavy atom. The molecule has 0 fully saturated rings. The molecular formula is C14H15F3N2O. The second-order valence-corrected chi connectivity index (χ2v) is 4.58. The van der Waals surface area contributed by atoms with E-state index in [0.29, 0.717) is 18.8 Å². The summed E-state index contributed by atoms with van der Waals surface area (Å²) in [5, 5.41) is 3.60. The van der Waals surface area contributed by atoms with Gasteiger partial charge in [-0.15, -0.1) is 0 Å². The molecule has 1 aromatic carbocycles. The van der Waals surface area contributed by atoms with Gasteiger partial charge in [-0.3, -0.25) is 4.68 Å². The van der Waals surface area contributed by atoms with E-state index >= 15 is 0 Å². The third kappa shape index (κ3) is 3.39. The molecule has 0 saturated heterocycles. The van der Waals surface area contributed by atoms with Crippen LogP contribution in [0, 0.1) is 6.92 Å². The van der Waals surface area contributed by atoms with Crippen molar-refractivity contribution in [3.8, 4) is 0 Å². The molecule has 0 radical (unpaired) electrons. The van der Waals surface area contributed by atoms with E-state index in [4.69, 9.17) is 4.74 Å². The van der Waals surface area contributed by atoms with E-state index in [9.17, 15) is 13.2 Å². The molecule has 6 heteroatoms. The van der Waals surface area contributed by atoms with Crippen LogP contribution >= 0.6 is 0 Å². The van der Waals surface area contributed by atoms with E-state index in [0.717, 1.165) is 17.2 Å². The van der Waals surface area contributed by atoms with Gasteiger partial charge in [0.25, 0.3) is 0 Å². The van der Waals surface area contributed by atoms with E-state index in [2.05, 4.69) is 5.10 Å². The number of aryl methyl sites for hydroxylation is 1. The van der Waals surface area contributed by atoms with Crippen LogP contribution in [0.15, 0.2) is 30.3 Å². The lowest BCUT2D eigenvalue weighted by Crippen LogP contribution is -2.09. The Bertz CT molecular complexity index is 573. The Kier molecular flexibility index (Phi) is 4.13. The molecule has 0 spiro atoms. The van der Waals surface area contributed by atoms with Crippen LogP contribution in [-0.2, 0) is 24.1 Å². The fraction of sp³-hybridized carbons (Fsp3) is 0.357. The van der Waals surface area contributed by atoms with Gasteiger partial charge >= 0.3 is 6.18 Å². The Labute approximate surface area is 115 Å². The Hall–Kier alpha value is -1.82. The van der Waals surface area contributed by atoms with Crippen molar-refractivity contribution in [2.75, 3.05) is 7.11 Å². The molecule has 0 unspecified atom stereocenters. The molecule has 0 N–H and O–H groups in total. The van der Waals surface area contributed by atoms with Gasteiger partial charge in [0.1, 0.15) is 0 Å². The Balaban J connectivity index is 2.15. The Morgan fingerprint density at radius 2 is 1.75 bits per heavy atom. The first-order chi connectivity index (χ1) is 9.40. The van der Waals surface area contributed by atoms with E-state index < -0.39 is 11.9 Å². The average Bonchev–Trinajstić information content (AvgIpc) is 2.74. The minimum atomic E-state index is -4.40. The molecule has 1 aromatic heterocycles. The molecular weight excluding hydrogens is 269 g/mol. The molecule has 20 heavy (non-hydrogen) atoms. The van der Waals surface area contributed by atoms with Gasteiger partial charge in [-0.1, -0.05) is 24.3 Å². The van der Waals surface area contributed by atoms with Gasteiger partial charge in [-0.25, -0.2) is 0 Å². The largest absolute Gasteiger partial charge is 0.435 e. The van der Waals surface area contributed by atoms with Gasteiger partial charge in [-0.2, -0.15) is 18.3 Å². The molecule has 0 amide bonds. The van der Waals surface area contributed by atoms with Crippen molar-refractivity contribution < 1.29 is 17.9 Å². The summed E-state index contributed by atoms with van der Waals surface area (Å²) < 4.78 is 44.1. The smallest absolute Gasteiger partial charge is 0.380 e. The fourth-order valence-corrected chi connectivity index (χ4v) is 1.89. The average molecular weight is 284 g/mol. The zero-order chi connectivity index (χ0) is 14.8. The highest BCUT2D eigenvalue weighted by molar-refractivity contribution is 5.23. The van der Waals surface area contributed by atoms with Gasteiger partial charge in [0.2, 0.25) is 0 Å². The van der Waals surface area contributed by atoms with Crippen molar-refractivity contribution in [1.29, 1.82) is 0 Å². The second kappa shape index (κ2) is 5.66. The van der Waals surface area contributed by atoms with Crippen molar-refractivity contribution in [3.05, 3.63) is 52.8 Å². The lowest BCUT2D eigenvalue weighted by atomic mass is 10.1. The van der Waals surface area contributed by atoms with Crippen molar-refractivity contribution in [3.63, 3.8) is 0 Å². The third-order valence-electron chi connectivity index (χ3n) is 2.94. The van der Waals surface area contributed by atoms with E-state index in [-0.39, 0.29) is 0 Å². The normalized spacial score (nSPS) is 11.8. The summed E-state index contributed by atoms with van der Waals surface area (Å²) in [5.41, 5.74) is 1.54. The molecule has 0 bridgehead atoms. The standard InChI is InChI=1S/C14H15F3N2O/c1-10-7-13(14(15,16)17)18-19(10)8-11-3-5-12(6-4-11)9-20-2/h3-7H,8-9H2,1-2H3. The predicted molar refractivity (Wildman–Crippen MR) is 68.2 cm³/mol. The molecule has 1 heterocycles. The minimum Gasteiger partial charge on any atom is -0.380 e. The lowest BCUT2D eigenvalue weighted by molar-refractivity contribution is -0.141. The topological polar surface area (TPSA) is 27.1 Å². The molecule has 0 atom stereocenters. The molecule has 0 aliphatic rings. The first-order valence-electron chi connectivity index (χ1n) is 6.08. The highest BCUT2D eigenvalue weighted by Gasteiger charge is 2.34. The van der Waals surface area contributed by atoms with Crippen LogP contribution in [0.4, 0.5) is 13.2 Å². The van der Waals surface area contributed by atoms with Gasteiger partial charge < -0.3 is 4.74 Å². The molecule has 2 rings (SSSR count). The minimum absolute atomic E-state index is 0.315. The zero-order valence-electron chi connectivity index (χ0n) is 11.2. The first-order valence-corrected chi connectivity index (χ1v) is 6.08. The van der Waals surface area contributed by atoms with E-state index in [1.165, 1.54) is 4.68 Å². The molecule has 108 valence electrons. The highest BCUT2D eigenvalue weighted by Crippen LogP contribution is 2.28. The highest BCUT2D eigenvalue weighted by atomic mass is 19.4. The lowest BCUT2D eigenvalue weighted by Gasteiger charge is -2.06. The van der Waals surface area contributed by atoms with Gasteiger partial charge in [0.15, 0.2) is 5.69 Å². The number of methoxy groups -OCH3 is 1. The third-order valence-corrected chi connectivity index (χ3v) is 2.94. The SMILES string of the molecule is COCc1ccc(Cn2nc(C(F)(F)F)cc2C)cc1. The summed E-state index contributed by atoms with van der Waals surface area (Å²) in [6.07, 6.45) is -4.40. The molecule has 0 saturated carbocycles. The summed E-state index contributed by atoms with van der Waals surface area (Å²) in [7, 11) is 1.61. The number of benzene rings is 1. The number of halogens is 3. The quantitative estimate of drug-likeness (QED) is 0.860. The number of aromatic nitrogens is 2. The number of rotatable bonds is 4. The summed E-state index contributed by atoms with van der Waals surface area (Å²) in [6, 6.07) is 8.56. The molecule has 0 aliphatic heterocycles. The number of nitrogens with zero attached hydrogens (tertiary/aromatic N) is 2. The maximum atomic E-state index is 12.6. The zero-order valence-corrected chi connectivity index (χ0v) is 11.2. The second-order valence-electron chi connectivity index (χ2n) is 4.58. The van der Waals surface area contributed by atoms with E-state index in [1.54, 1.807) is 14.0 Å². The van der Waals surface area contributed by atoms with Gasteiger partial charge in [0.05, 0.1) is 13.2 Å². The maximum Gasteiger partial charge on any atom is 0.435 e. The van der Waals surface area contributed by atoms with Crippen LogP contribution in [-0.4, -0.2) is 16.9 Å². The van der Waals surface area contributed by atoms with Crippen molar-refractivity contribution >= 4 is 0 Å². The predicted octanol–water partition coefficient (Wildman–Crippen LogP) is 3.41. The van der Waals surface area contributed by atoms with Gasteiger partial charge in [-0.05, 0) is 24.1 Å². The Morgan fingerprint density at radius 1 is 1.15 bits per heavy atom. The summed E-state index contributed by atoms with van der Waals surface area (Å²) in [6.45, 7) is 2.44. The number of alkyl halides is 3. The number of ether oxygens (including phenoxy) is 1. The van der Waals surface area contributed by atoms with Crippen LogP contribution in [0.2, 0.25) is 0 Å². The summed E-state index contributed by atoms with van der Waals surface area (Å²) in [5.74, 6) is 0. The van der Waals surface area contributed by atoms with Crippen molar-refractivity contribution in [1.82, 2.24) is 9.78 Å². The van der Waals surface area contributed by atoms with Crippen LogP contribution in [0.3, 0.4) is 0 Å². The van der Waals surface area contributed by atoms with Crippen molar-refractivity contribution in [2.24, 2.45) is 0 Å². The number of hydrogen-bond donors (Lipinski definition) is 0. The van der Waals surface area contributed by atoms with Crippen LogP contribution in [0.5, 0.6) is 0 Å². The fourth-order valence-electron chi connectivity index (χ4n) is 1.89. The number of hydrogen-bond acceptors (Lipinski definition) is 2. The van der Waals surface area contributed by atoms with Crippen molar-refractivity contribution in [2.45, 2.75) is 26.3 Å². The first kappa shape index (κ1) is 14.6. The molecule has 2 aromatic rings. The summed E-state index contributed by atoms with van der Waals surface area (Å²) >= 11 is 0. The van der Waals surface area contributed by atoms with Crippen LogP contribution < -0.4 is 0 Å².